The molecular formula is C23H29N3O2. The van der Waals surface area contributed by atoms with Gasteiger partial charge in [0.2, 0.25) is 11.8 Å². The van der Waals surface area contributed by atoms with Crippen LogP contribution in [-0.4, -0.2) is 30.9 Å². The van der Waals surface area contributed by atoms with Crippen molar-refractivity contribution in [2.45, 2.75) is 46.6 Å². The molecule has 5 nitrogen and oxygen atoms in total. The summed E-state index contributed by atoms with van der Waals surface area (Å²) in [7, 11) is 0. The Labute approximate surface area is 167 Å². The van der Waals surface area contributed by atoms with E-state index in [-0.39, 0.29) is 24.9 Å². The predicted molar refractivity (Wildman–Crippen MR) is 114 cm³/mol. The SMILES string of the molecule is Cc1cc(C)c(NC(=O)CNC(=O)CN2c3ccccc3CCC2C)c(C)c1. The van der Waals surface area contributed by atoms with Gasteiger partial charge in [-0.3, -0.25) is 9.59 Å². The molecule has 0 saturated carbocycles. The van der Waals surface area contributed by atoms with Crippen molar-refractivity contribution in [3.8, 4) is 0 Å². The van der Waals surface area contributed by atoms with Crippen LogP contribution in [0.4, 0.5) is 11.4 Å². The van der Waals surface area contributed by atoms with Gasteiger partial charge in [0.25, 0.3) is 0 Å². The molecule has 0 bridgehead atoms. The van der Waals surface area contributed by atoms with E-state index in [0.29, 0.717) is 6.04 Å². The Balaban J connectivity index is 1.57. The van der Waals surface area contributed by atoms with Crippen LogP contribution >= 0.6 is 0 Å². The summed E-state index contributed by atoms with van der Waals surface area (Å²) in [6.45, 7) is 8.35. The molecule has 0 fully saturated rings. The Hall–Kier alpha value is -2.82. The molecule has 148 valence electrons. The molecule has 1 aliphatic rings. The second-order valence-corrected chi connectivity index (χ2v) is 7.74. The van der Waals surface area contributed by atoms with Crippen LogP contribution < -0.4 is 15.5 Å². The number of amides is 2. The minimum Gasteiger partial charge on any atom is -0.359 e. The quantitative estimate of drug-likeness (QED) is 0.836. The van der Waals surface area contributed by atoms with Crippen LogP contribution in [0.2, 0.25) is 0 Å². The van der Waals surface area contributed by atoms with Gasteiger partial charge in [0.15, 0.2) is 0 Å². The zero-order valence-corrected chi connectivity index (χ0v) is 17.1. The van der Waals surface area contributed by atoms with E-state index in [2.05, 4.69) is 34.6 Å². The molecule has 2 amide bonds. The molecule has 5 heteroatoms. The normalized spacial score (nSPS) is 15.7. The number of hydrogen-bond donors (Lipinski definition) is 2. The number of hydrogen-bond acceptors (Lipinski definition) is 3. The van der Waals surface area contributed by atoms with Crippen molar-refractivity contribution in [3.63, 3.8) is 0 Å². The number of aryl methyl sites for hydroxylation is 4. The summed E-state index contributed by atoms with van der Waals surface area (Å²) < 4.78 is 0. The Morgan fingerprint density at radius 3 is 2.46 bits per heavy atom. The van der Waals surface area contributed by atoms with Crippen molar-refractivity contribution < 1.29 is 9.59 Å². The Bertz CT molecular complexity index is 868. The van der Waals surface area contributed by atoms with Crippen molar-refractivity contribution in [2.24, 2.45) is 0 Å². The first kappa shape index (κ1) is 19.9. The van der Waals surface area contributed by atoms with Gasteiger partial charge in [0, 0.05) is 17.4 Å². The van der Waals surface area contributed by atoms with E-state index >= 15 is 0 Å². The van der Waals surface area contributed by atoms with Gasteiger partial charge in [-0.05, 0) is 63.3 Å². The van der Waals surface area contributed by atoms with Gasteiger partial charge in [-0.15, -0.1) is 0 Å². The van der Waals surface area contributed by atoms with E-state index < -0.39 is 0 Å². The highest BCUT2D eigenvalue weighted by Crippen LogP contribution is 2.30. The van der Waals surface area contributed by atoms with Gasteiger partial charge in [-0.1, -0.05) is 35.9 Å². The van der Waals surface area contributed by atoms with Crippen molar-refractivity contribution in [1.29, 1.82) is 0 Å². The van der Waals surface area contributed by atoms with Crippen LogP contribution in [-0.2, 0) is 16.0 Å². The highest BCUT2D eigenvalue weighted by Gasteiger charge is 2.24. The van der Waals surface area contributed by atoms with Crippen LogP contribution in [0.25, 0.3) is 0 Å². The summed E-state index contributed by atoms with van der Waals surface area (Å²) in [6, 6.07) is 12.6. The van der Waals surface area contributed by atoms with Crippen molar-refractivity contribution >= 4 is 23.2 Å². The maximum Gasteiger partial charge on any atom is 0.243 e. The molecule has 0 radical (unpaired) electrons. The number of nitrogens with one attached hydrogen (secondary N) is 2. The Kier molecular flexibility index (Phi) is 6.02. The van der Waals surface area contributed by atoms with Crippen LogP contribution in [0, 0.1) is 20.8 Å². The number of carbonyl (C=O) groups is 2. The molecule has 2 aromatic rings. The minimum absolute atomic E-state index is 0.0323. The first-order valence-electron chi connectivity index (χ1n) is 9.84. The highest BCUT2D eigenvalue weighted by atomic mass is 16.2. The average Bonchev–Trinajstić information content (AvgIpc) is 2.65. The number of nitrogens with zero attached hydrogens (tertiary/aromatic N) is 1. The molecule has 1 aliphatic heterocycles. The number of benzene rings is 2. The summed E-state index contributed by atoms with van der Waals surface area (Å²) >= 11 is 0. The zero-order valence-electron chi connectivity index (χ0n) is 17.1. The van der Waals surface area contributed by atoms with Crippen molar-refractivity contribution in [1.82, 2.24) is 5.32 Å². The number of fused-ring (bicyclic) bond motifs is 1. The van der Waals surface area contributed by atoms with Crippen LogP contribution in [0.1, 0.15) is 35.6 Å². The van der Waals surface area contributed by atoms with Crippen molar-refractivity contribution in [2.75, 3.05) is 23.3 Å². The first-order chi connectivity index (χ1) is 13.3. The number of anilines is 2. The molecule has 0 aromatic heterocycles. The fourth-order valence-corrected chi connectivity index (χ4v) is 3.95. The lowest BCUT2D eigenvalue weighted by Gasteiger charge is -2.36. The Morgan fingerprint density at radius 1 is 1.07 bits per heavy atom. The molecule has 1 unspecified atom stereocenters. The van der Waals surface area contributed by atoms with E-state index in [1.54, 1.807) is 0 Å². The topological polar surface area (TPSA) is 61.4 Å². The van der Waals surface area contributed by atoms with E-state index in [1.807, 2.05) is 45.0 Å². The fraction of sp³-hybridized carbons (Fsp3) is 0.391. The standard InChI is InChI=1S/C23H29N3O2/c1-15-11-16(2)23(17(3)12-15)25-21(27)13-24-22(28)14-26-18(4)9-10-19-7-5-6-8-20(19)26/h5-8,11-12,18H,9-10,13-14H2,1-4H3,(H,24,28)(H,25,27). The zero-order chi connectivity index (χ0) is 20.3. The average molecular weight is 380 g/mol. The molecule has 1 atom stereocenters. The molecule has 0 saturated heterocycles. The highest BCUT2D eigenvalue weighted by molar-refractivity contribution is 5.96. The summed E-state index contributed by atoms with van der Waals surface area (Å²) in [5.74, 6) is -0.355. The van der Waals surface area contributed by atoms with E-state index in [9.17, 15) is 9.59 Å². The third-order valence-corrected chi connectivity index (χ3v) is 5.37. The number of rotatable bonds is 5. The van der Waals surface area contributed by atoms with Gasteiger partial charge in [0.05, 0.1) is 13.1 Å². The van der Waals surface area contributed by atoms with E-state index in [4.69, 9.17) is 0 Å². The monoisotopic (exact) mass is 379 g/mol. The molecule has 2 aromatic carbocycles. The minimum atomic E-state index is -0.213. The van der Waals surface area contributed by atoms with Gasteiger partial charge in [-0.2, -0.15) is 0 Å². The molecule has 2 N–H and O–H groups in total. The molecule has 3 rings (SSSR count). The third-order valence-electron chi connectivity index (χ3n) is 5.37. The molecule has 0 aliphatic carbocycles. The van der Waals surface area contributed by atoms with Crippen molar-refractivity contribution in [3.05, 3.63) is 58.7 Å². The van der Waals surface area contributed by atoms with Crippen LogP contribution in [0.3, 0.4) is 0 Å². The lowest BCUT2D eigenvalue weighted by Crippen LogP contribution is -2.45. The third kappa shape index (κ3) is 4.53. The molecule has 1 heterocycles. The van der Waals surface area contributed by atoms with Gasteiger partial charge < -0.3 is 15.5 Å². The second-order valence-electron chi connectivity index (χ2n) is 7.74. The van der Waals surface area contributed by atoms with Crippen LogP contribution in [0.5, 0.6) is 0 Å². The van der Waals surface area contributed by atoms with Gasteiger partial charge in [-0.25, -0.2) is 0 Å². The summed E-state index contributed by atoms with van der Waals surface area (Å²) in [5.41, 5.74) is 6.43. The number of para-hydroxylation sites is 1. The Morgan fingerprint density at radius 2 is 1.75 bits per heavy atom. The maximum absolute atomic E-state index is 12.5. The molecule has 0 spiro atoms. The predicted octanol–water partition coefficient (Wildman–Crippen LogP) is 3.51. The molecule has 28 heavy (non-hydrogen) atoms. The second kappa shape index (κ2) is 8.46. The van der Waals surface area contributed by atoms with Gasteiger partial charge in [0.1, 0.15) is 0 Å². The first-order valence-corrected chi connectivity index (χ1v) is 9.84. The van der Waals surface area contributed by atoms with E-state index in [0.717, 1.165) is 40.9 Å². The lowest BCUT2D eigenvalue weighted by molar-refractivity contribution is -0.123. The van der Waals surface area contributed by atoms with Gasteiger partial charge >= 0.3 is 0 Å². The maximum atomic E-state index is 12.5. The van der Waals surface area contributed by atoms with Crippen LogP contribution in [0.15, 0.2) is 36.4 Å². The van der Waals surface area contributed by atoms with E-state index in [1.165, 1.54) is 5.56 Å². The fourth-order valence-electron chi connectivity index (χ4n) is 3.95. The summed E-state index contributed by atoms with van der Waals surface area (Å²) in [4.78, 5) is 26.9. The number of carbonyl (C=O) groups excluding carboxylic acids is 2. The molecular weight excluding hydrogens is 350 g/mol. The lowest BCUT2D eigenvalue weighted by atomic mass is 9.97. The summed E-state index contributed by atoms with van der Waals surface area (Å²) in [5, 5.41) is 5.68. The smallest absolute Gasteiger partial charge is 0.243 e. The summed E-state index contributed by atoms with van der Waals surface area (Å²) in [6.07, 6.45) is 2.06. The largest absolute Gasteiger partial charge is 0.359 e.